The minimum Gasteiger partial charge on any atom is -0.322 e. The van der Waals surface area contributed by atoms with Gasteiger partial charge in [0, 0.05) is 26.9 Å². The van der Waals surface area contributed by atoms with Crippen LogP contribution in [0.3, 0.4) is 0 Å². The van der Waals surface area contributed by atoms with Gasteiger partial charge in [-0.15, -0.1) is 11.3 Å². The molecular formula is C25H20ClN3O3S. The molecule has 0 spiro atoms. The fourth-order valence-electron chi connectivity index (χ4n) is 3.17. The number of thiophene rings is 1. The standard InChI is InChI=1S/C25H20ClN3O3S/c1-14-3-6-16(7-4-14)23(30)27-18-10-8-17(9-11-18)24(31)28-29-25(32)22-21(26)19-12-5-15(2)13-20(19)33-22/h3-13H,1-2H3,(H,27,30)(H,28,31)(H,29,32). The molecule has 4 rings (SSSR count). The molecule has 0 unspecified atom stereocenters. The maximum absolute atomic E-state index is 12.5. The number of hydrazine groups is 1. The Labute approximate surface area is 199 Å². The Morgan fingerprint density at radius 3 is 2.00 bits per heavy atom. The van der Waals surface area contributed by atoms with Crippen molar-refractivity contribution in [1.29, 1.82) is 0 Å². The number of nitrogens with one attached hydrogen (secondary N) is 3. The number of rotatable bonds is 4. The number of halogens is 1. The Bertz CT molecular complexity index is 1360. The van der Waals surface area contributed by atoms with E-state index >= 15 is 0 Å². The minimum absolute atomic E-state index is 0.241. The summed E-state index contributed by atoms with van der Waals surface area (Å²) in [4.78, 5) is 37.6. The number of carbonyl (C=O) groups is 3. The summed E-state index contributed by atoms with van der Waals surface area (Å²) in [5.74, 6) is -1.23. The summed E-state index contributed by atoms with van der Waals surface area (Å²) < 4.78 is 0.903. The molecule has 0 aliphatic heterocycles. The lowest BCUT2D eigenvalue weighted by atomic mass is 10.1. The Hall–Kier alpha value is -3.68. The van der Waals surface area contributed by atoms with Gasteiger partial charge in [-0.25, -0.2) is 0 Å². The first-order chi connectivity index (χ1) is 15.8. The van der Waals surface area contributed by atoms with Crippen LogP contribution in [0.5, 0.6) is 0 Å². The van der Waals surface area contributed by atoms with Gasteiger partial charge in [-0.2, -0.15) is 0 Å². The van der Waals surface area contributed by atoms with Gasteiger partial charge in [0.25, 0.3) is 17.7 Å². The first-order valence-electron chi connectivity index (χ1n) is 10.1. The van der Waals surface area contributed by atoms with Crippen molar-refractivity contribution in [2.45, 2.75) is 13.8 Å². The number of amides is 3. The zero-order valence-electron chi connectivity index (χ0n) is 17.9. The summed E-state index contributed by atoms with van der Waals surface area (Å²) in [6.45, 7) is 3.91. The second kappa shape index (κ2) is 9.44. The van der Waals surface area contributed by atoms with Crippen LogP contribution >= 0.6 is 22.9 Å². The zero-order valence-corrected chi connectivity index (χ0v) is 19.4. The number of fused-ring (bicyclic) bond motifs is 1. The molecule has 8 heteroatoms. The number of benzene rings is 3. The molecule has 0 fully saturated rings. The number of hydrogen-bond acceptors (Lipinski definition) is 4. The molecule has 33 heavy (non-hydrogen) atoms. The summed E-state index contributed by atoms with van der Waals surface area (Å²) in [6.07, 6.45) is 0. The summed E-state index contributed by atoms with van der Waals surface area (Å²) in [5.41, 5.74) is 8.35. The number of hydrogen-bond donors (Lipinski definition) is 3. The van der Waals surface area contributed by atoms with E-state index in [4.69, 9.17) is 11.6 Å². The average Bonchev–Trinajstić information content (AvgIpc) is 3.13. The highest BCUT2D eigenvalue weighted by molar-refractivity contribution is 7.21. The molecule has 3 aromatic carbocycles. The number of anilines is 1. The van der Waals surface area contributed by atoms with Crippen LogP contribution in [0.4, 0.5) is 5.69 Å². The molecule has 0 aliphatic rings. The molecule has 4 aromatic rings. The molecule has 3 amide bonds. The van der Waals surface area contributed by atoms with E-state index in [0.29, 0.717) is 26.7 Å². The second-order valence-corrected chi connectivity index (χ2v) is 8.98. The quantitative estimate of drug-likeness (QED) is 0.339. The van der Waals surface area contributed by atoms with E-state index in [1.807, 2.05) is 44.2 Å². The van der Waals surface area contributed by atoms with E-state index in [1.54, 1.807) is 36.4 Å². The third-order valence-corrected chi connectivity index (χ3v) is 6.66. The van der Waals surface area contributed by atoms with Crippen LogP contribution in [0.1, 0.15) is 41.5 Å². The van der Waals surface area contributed by atoms with Crippen LogP contribution in [-0.4, -0.2) is 17.7 Å². The topological polar surface area (TPSA) is 87.3 Å². The second-order valence-electron chi connectivity index (χ2n) is 7.55. The van der Waals surface area contributed by atoms with Crippen molar-refractivity contribution in [2.75, 3.05) is 5.32 Å². The normalized spacial score (nSPS) is 10.6. The Morgan fingerprint density at radius 2 is 1.30 bits per heavy atom. The van der Waals surface area contributed by atoms with E-state index < -0.39 is 11.8 Å². The summed E-state index contributed by atoms with van der Waals surface area (Å²) in [7, 11) is 0. The molecule has 166 valence electrons. The fraction of sp³-hybridized carbons (Fsp3) is 0.0800. The number of carbonyl (C=O) groups excluding carboxylic acids is 3. The Morgan fingerprint density at radius 1 is 0.727 bits per heavy atom. The minimum atomic E-state index is -0.493. The largest absolute Gasteiger partial charge is 0.322 e. The molecule has 3 N–H and O–H groups in total. The first kappa shape index (κ1) is 22.5. The van der Waals surface area contributed by atoms with Crippen LogP contribution < -0.4 is 16.2 Å². The van der Waals surface area contributed by atoms with E-state index in [0.717, 1.165) is 21.2 Å². The van der Waals surface area contributed by atoms with Gasteiger partial charge in [-0.05, 0) is 61.9 Å². The summed E-state index contributed by atoms with van der Waals surface area (Å²) in [6, 6.07) is 19.3. The molecular weight excluding hydrogens is 458 g/mol. The van der Waals surface area contributed by atoms with Crippen LogP contribution in [0.25, 0.3) is 10.1 Å². The smallest absolute Gasteiger partial charge is 0.281 e. The predicted molar refractivity (Wildman–Crippen MR) is 132 cm³/mol. The lowest BCUT2D eigenvalue weighted by Crippen LogP contribution is -2.41. The predicted octanol–water partition coefficient (Wildman–Crippen LogP) is 5.50. The van der Waals surface area contributed by atoms with Crippen molar-refractivity contribution in [3.63, 3.8) is 0 Å². The molecule has 0 saturated heterocycles. The lowest BCUT2D eigenvalue weighted by Gasteiger charge is -2.08. The molecule has 0 radical (unpaired) electrons. The van der Waals surface area contributed by atoms with Crippen LogP contribution in [-0.2, 0) is 0 Å². The van der Waals surface area contributed by atoms with Gasteiger partial charge in [0.05, 0.1) is 5.02 Å². The fourth-order valence-corrected chi connectivity index (χ4v) is 4.68. The maximum atomic E-state index is 12.5. The third-order valence-electron chi connectivity index (χ3n) is 5.00. The lowest BCUT2D eigenvalue weighted by molar-refractivity contribution is 0.0849. The van der Waals surface area contributed by atoms with E-state index in [-0.39, 0.29) is 5.91 Å². The van der Waals surface area contributed by atoms with Crippen LogP contribution in [0.15, 0.2) is 66.7 Å². The summed E-state index contributed by atoms with van der Waals surface area (Å²) in [5, 5.41) is 3.94. The molecule has 0 atom stereocenters. The van der Waals surface area contributed by atoms with Gasteiger partial charge in [0.15, 0.2) is 0 Å². The Kier molecular flexibility index (Phi) is 6.44. The van der Waals surface area contributed by atoms with Gasteiger partial charge in [0.2, 0.25) is 0 Å². The maximum Gasteiger partial charge on any atom is 0.281 e. The Balaban J connectivity index is 1.37. The van der Waals surface area contributed by atoms with Crippen molar-refractivity contribution in [2.24, 2.45) is 0 Å². The van der Waals surface area contributed by atoms with E-state index in [2.05, 4.69) is 16.2 Å². The van der Waals surface area contributed by atoms with Gasteiger partial charge >= 0.3 is 0 Å². The number of aryl methyl sites for hydroxylation is 2. The van der Waals surface area contributed by atoms with Gasteiger partial charge in [0.1, 0.15) is 4.88 Å². The molecule has 1 aromatic heterocycles. The van der Waals surface area contributed by atoms with Gasteiger partial charge in [-0.1, -0.05) is 41.4 Å². The molecule has 0 saturated carbocycles. The first-order valence-corrected chi connectivity index (χ1v) is 11.3. The SMILES string of the molecule is Cc1ccc(C(=O)Nc2ccc(C(=O)NNC(=O)c3sc4cc(C)ccc4c3Cl)cc2)cc1. The molecule has 0 bridgehead atoms. The monoisotopic (exact) mass is 477 g/mol. The zero-order chi connectivity index (χ0) is 23.5. The van der Waals surface area contributed by atoms with Crippen molar-refractivity contribution in [1.82, 2.24) is 10.9 Å². The van der Waals surface area contributed by atoms with Crippen molar-refractivity contribution >= 4 is 56.4 Å². The highest BCUT2D eigenvalue weighted by Crippen LogP contribution is 2.35. The van der Waals surface area contributed by atoms with Gasteiger partial charge < -0.3 is 5.32 Å². The molecule has 1 heterocycles. The van der Waals surface area contributed by atoms with Crippen molar-refractivity contribution in [3.8, 4) is 0 Å². The van der Waals surface area contributed by atoms with E-state index in [9.17, 15) is 14.4 Å². The third kappa shape index (κ3) is 5.05. The highest BCUT2D eigenvalue weighted by Gasteiger charge is 2.18. The average molecular weight is 478 g/mol. The van der Waals surface area contributed by atoms with E-state index in [1.165, 1.54) is 11.3 Å². The molecule has 6 nitrogen and oxygen atoms in total. The van der Waals surface area contributed by atoms with Gasteiger partial charge in [-0.3, -0.25) is 25.2 Å². The highest BCUT2D eigenvalue weighted by atomic mass is 35.5. The molecule has 0 aliphatic carbocycles. The van der Waals surface area contributed by atoms with Crippen molar-refractivity contribution < 1.29 is 14.4 Å². The van der Waals surface area contributed by atoms with Crippen molar-refractivity contribution in [3.05, 3.63) is 98.9 Å². The van der Waals surface area contributed by atoms with Crippen LogP contribution in [0, 0.1) is 13.8 Å². The summed E-state index contributed by atoms with van der Waals surface area (Å²) >= 11 is 7.61. The van der Waals surface area contributed by atoms with Crippen LogP contribution in [0.2, 0.25) is 5.02 Å².